The molecule has 0 bridgehead atoms. The lowest BCUT2D eigenvalue weighted by atomic mass is 9.72. The van der Waals surface area contributed by atoms with Crippen molar-refractivity contribution in [2.24, 2.45) is 5.92 Å². The fraction of sp³-hybridized carbons (Fsp3) is 0.485. The predicted molar refractivity (Wildman–Crippen MR) is 153 cm³/mol. The molecule has 0 radical (unpaired) electrons. The smallest absolute Gasteiger partial charge is 0.303 e. The van der Waals surface area contributed by atoms with Crippen LogP contribution in [0.15, 0.2) is 59.9 Å². The maximum Gasteiger partial charge on any atom is 0.303 e. The Labute approximate surface area is 236 Å². The summed E-state index contributed by atoms with van der Waals surface area (Å²) in [6, 6.07) is 15.1. The van der Waals surface area contributed by atoms with Crippen LogP contribution in [0.1, 0.15) is 116 Å². The van der Waals surface area contributed by atoms with Crippen LogP contribution in [0.4, 0.5) is 0 Å². The maximum absolute atomic E-state index is 13.6. The lowest BCUT2D eigenvalue weighted by Gasteiger charge is -2.32. The molecule has 0 unspecified atom stereocenters. The predicted octanol–water partition coefficient (Wildman–Crippen LogP) is 8.56. The number of halogens is 1. The Bertz CT molecular complexity index is 1170. The van der Waals surface area contributed by atoms with Crippen LogP contribution in [0.5, 0.6) is 0 Å². The Kier molecular flexibility index (Phi) is 10.8. The Morgan fingerprint density at radius 3 is 1.90 bits per heavy atom. The molecule has 0 saturated heterocycles. The molecule has 4 rings (SSSR count). The second-order valence-electron chi connectivity index (χ2n) is 10.9. The first kappa shape index (κ1) is 29.1. The number of carbonyl (C=O) groups excluding carboxylic acids is 2. The van der Waals surface area contributed by atoms with Gasteiger partial charge < -0.3 is 9.84 Å². The Morgan fingerprint density at radius 2 is 1.28 bits per heavy atom. The fourth-order valence-electron chi connectivity index (χ4n) is 5.95. The quantitative estimate of drug-likeness (QED) is 0.238. The van der Waals surface area contributed by atoms with Gasteiger partial charge in [-0.05, 0) is 68.1 Å². The van der Waals surface area contributed by atoms with Crippen LogP contribution in [-0.2, 0) is 9.53 Å². The van der Waals surface area contributed by atoms with E-state index in [9.17, 15) is 14.4 Å². The molecule has 2 aromatic rings. The van der Waals surface area contributed by atoms with E-state index in [1.807, 2.05) is 18.2 Å². The first-order chi connectivity index (χ1) is 19.0. The zero-order chi connectivity index (χ0) is 27.6. The van der Waals surface area contributed by atoms with Crippen molar-refractivity contribution in [2.75, 3.05) is 6.61 Å². The van der Waals surface area contributed by atoms with Gasteiger partial charge in [0.25, 0.3) is 0 Å². The number of carboxylic acids is 1. The molecule has 5 nitrogen and oxygen atoms in total. The second-order valence-corrected chi connectivity index (χ2v) is 11.3. The molecule has 2 aliphatic rings. The number of Topliss-reactive ketones (excluding diaryl/α,β-unsaturated/α-hetero) is 2. The van der Waals surface area contributed by atoms with E-state index in [0.717, 1.165) is 82.1 Å². The number of hydrogen-bond donors (Lipinski definition) is 1. The van der Waals surface area contributed by atoms with Gasteiger partial charge in [-0.25, -0.2) is 0 Å². The molecule has 6 heteroatoms. The Hall–Kier alpha value is -2.92. The van der Waals surface area contributed by atoms with Crippen LogP contribution in [-0.4, -0.2) is 29.2 Å². The van der Waals surface area contributed by atoms with Gasteiger partial charge in [-0.2, -0.15) is 0 Å². The van der Waals surface area contributed by atoms with Crippen molar-refractivity contribution in [3.63, 3.8) is 0 Å². The van der Waals surface area contributed by atoms with Crippen molar-refractivity contribution in [1.82, 2.24) is 0 Å². The average molecular weight is 551 g/mol. The molecular formula is C33H39ClO5. The molecule has 2 aliphatic carbocycles. The molecular weight excluding hydrogens is 512 g/mol. The van der Waals surface area contributed by atoms with Gasteiger partial charge in [-0.3, -0.25) is 14.4 Å². The van der Waals surface area contributed by atoms with E-state index in [4.69, 9.17) is 21.4 Å². The van der Waals surface area contributed by atoms with Crippen molar-refractivity contribution < 1.29 is 24.2 Å². The summed E-state index contributed by atoms with van der Waals surface area (Å²) in [5.74, 6) is -0.219. The van der Waals surface area contributed by atoms with Crippen molar-refractivity contribution in [3.05, 3.63) is 81.6 Å². The number of rotatable bonds is 14. The Balaban J connectivity index is 1.33. The molecule has 0 aromatic heterocycles. The van der Waals surface area contributed by atoms with E-state index in [1.165, 1.54) is 5.56 Å². The number of carbonyl (C=O) groups is 3. The number of carboxylic acid groups (broad SMARTS) is 1. The number of unbranched alkanes of at least 4 members (excludes halogenated alkanes) is 7. The van der Waals surface area contributed by atoms with Crippen LogP contribution >= 0.6 is 11.6 Å². The number of ether oxygens (including phenoxy) is 1. The van der Waals surface area contributed by atoms with Gasteiger partial charge in [0, 0.05) is 28.1 Å². The minimum atomic E-state index is -0.722. The van der Waals surface area contributed by atoms with E-state index in [0.29, 0.717) is 29.2 Å². The van der Waals surface area contributed by atoms with Crippen molar-refractivity contribution in [1.29, 1.82) is 0 Å². The third-order valence-electron chi connectivity index (χ3n) is 8.12. The van der Waals surface area contributed by atoms with Crippen LogP contribution < -0.4 is 0 Å². The maximum atomic E-state index is 13.6. The molecule has 0 amide bonds. The van der Waals surface area contributed by atoms with Gasteiger partial charge in [-0.15, -0.1) is 0 Å². The highest BCUT2D eigenvalue weighted by Gasteiger charge is 2.38. The second kappa shape index (κ2) is 14.5. The standard InChI is InChI=1S/C33H39ClO5/c34-26-20-18-24(19-21-26)23-14-16-25(17-15-23)30-31(37)27-11-8-9-12-28(27)32(38)33(30)39-22-10-6-4-2-1-3-5-7-13-29(35)36/h8-9,11-12,18-21,23,25H,1-7,10,13-17,22H2,(H,35,36). The number of benzene rings is 2. The van der Waals surface area contributed by atoms with Gasteiger partial charge in [0.2, 0.25) is 5.78 Å². The third-order valence-corrected chi connectivity index (χ3v) is 8.37. The van der Waals surface area contributed by atoms with Crippen molar-refractivity contribution in [2.45, 2.75) is 89.4 Å². The topological polar surface area (TPSA) is 80.7 Å². The largest absolute Gasteiger partial charge is 0.489 e. The first-order valence-electron chi connectivity index (χ1n) is 14.5. The van der Waals surface area contributed by atoms with Crippen LogP contribution in [0, 0.1) is 5.92 Å². The Morgan fingerprint density at radius 1 is 0.744 bits per heavy atom. The van der Waals surface area contributed by atoms with Crippen LogP contribution in [0.2, 0.25) is 5.02 Å². The van der Waals surface area contributed by atoms with E-state index < -0.39 is 5.97 Å². The summed E-state index contributed by atoms with van der Waals surface area (Å²) in [6.07, 6.45) is 11.8. The molecule has 0 atom stereocenters. The van der Waals surface area contributed by atoms with E-state index >= 15 is 0 Å². The van der Waals surface area contributed by atoms with Gasteiger partial charge >= 0.3 is 5.97 Å². The zero-order valence-corrected chi connectivity index (χ0v) is 23.4. The summed E-state index contributed by atoms with van der Waals surface area (Å²) < 4.78 is 6.13. The highest BCUT2D eigenvalue weighted by atomic mass is 35.5. The highest BCUT2D eigenvalue weighted by Crippen LogP contribution is 2.42. The summed E-state index contributed by atoms with van der Waals surface area (Å²) >= 11 is 6.07. The zero-order valence-electron chi connectivity index (χ0n) is 22.6. The minimum absolute atomic E-state index is 0.0227. The summed E-state index contributed by atoms with van der Waals surface area (Å²) in [4.78, 5) is 37.7. The van der Waals surface area contributed by atoms with Crippen molar-refractivity contribution >= 4 is 29.1 Å². The lowest BCUT2D eigenvalue weighted by molar-refractivity contribution is -0.137. The van der Waals surface area contributed by atoms with Crippen LogP contribution in [0.25, 0.3) is 0 Å². The third kappa shape index (κ3) is 7.82. The normalized spacial score (nSPS) is 19.2. The molecule has 0 heterocycles. The summed E-state index contributed by atoms with van der Waals surface area (Å²) in [5.41, 5.74) is 2.79. The van der Waals surface area contributed by atoms with E-state index in [1.54, 1.807) is 18.2 Å². The van der Waals surface area contributed by atoms with Gasteiger partial charge in [0.05, 0.1) is 6.61 Å². The molecule has 0 spiro atoms. The molecule has 39 heavy (non-hydrogen) atoms. The number of fused-ring (bicyclic) bond motifs is 1. The highest BCUT2D eigenvalue weighted by molar-refractivity contribution is 6.30. The monoisotopic (exact) mass is 550 g/mol. The minimum Gasteiger partial charge on any atom is -0.489 e. The number of aliphatic carboxylic acids is 1. The molecule has 1 N–H and O–H groups in total. The summed E-state index contributed by atoms with van der Waals surface area (Å²) in [7, 11) is 0. The molecule has 2 aromatic carbocycles. The van der Waals surface area contributed by atoms with Crippen LogP contribution in [0.3, 0.4) is 0 Å². The summed E-state index contributed by atoms with van der Waals surface area (Å²) in [6.45, 7) is 0.429. The van der Waals surface area contributed by atoms with Gasteiger partial charge in [0.15, 0.2) is 11.5 Å². The first-order valence-corrected chi connectivity index (χ1v) is 14.9. The number of hydrogen-bond acceptors (Lipinski definition) is 4. The average Bonchev–Trinajstić information content (AvgIpc) is 2.94. The molecule has 208 valence electrons. The fourth-order valence-corrected chi connectivity index (χ4v) is 6.08. The number of allylic oxidation sites excluding steroid dienone is 2. The van der Waals surface area contributed by atoms with Gasteiger partial charge in [0.1, 0.15) is 0 Å². The lowest BCUT2D eigenvalue weighted by Crippen LogP contribution is -2.29. The van der Waals surface area contributed by atoms with E-state index in [-0.39, 0.29) is 29.7 Å². The molecule has 0 aliphatic heterocycles. The SMILES string of the molecule is O=C(O)CCCCCCCCCCOC1=C(C2CCC(c3ccc(Cl)cc3)CC2)C(=O)c2ccccc2C1=O. The van der Waals surface area contributed by atoms with E-state index in [2.05, 4.69) is 12.1 Å². The summed E-state index contributed by atoms with van der Waals surface area (Å²) in [5, 5.41) is 9.44. The number of ketones is 2. The molecule has 1 fully saturated rings. The van der Waals surface area contributed by atoms with Crippen molar-refractivity contribution in [3.8, 4) is 0 Å². The molecule has 1 saturated carbocycles. The van der Waals surface area contributed by atoms with Gasteiger partial charge in [-0.1, -0.05) is 86.5 Å².